The Morgan fingerprint density at radius 3 is 2.64 bits per heavy atom. The monoisotopic (exact) mass is 211 g/mol. The summed E-state index contributed by atoms with van der Waals surface area (Å²) >= 11 is 1.28. The van der Waals surface area contributed by atoms with Crippen molar-refractivity contribution in [3.05, 3.63) is 11.6 Å². The minimum atomic E-state index is -0.397. The van der Waals surface area contributed by atoms with Crippen molar-refractivity contribution in [1.29, 1.82) is 0 Å². The lowest BCUT2D eigenvalue weighted by atomic mass is 10.3. The van der Waals surface area contributed by atoms with Gasteiger partial charge in [0.05, 0.1) is 0 Å². The van der Waals surface area contributed by atoms with Crippen molar-refractivity contribution >= 4 is 28.4 Å². The molecule has 0 aromatic carbocycles. The van der Waals surface area contributed by atoms with Crippen LogP contribution < -0.4 is 4.90 Å². The van der Waals surface area contributed by atoms with Gasteiger partial charge in [-0.3, -0.25) is 4.79 Å². The first kappa shape index (κ1) is 9.14. The van der Waals surface area contributed by atoms with E-state index in [1.165, 1.54) is 16.2 Å². The molecule has 1 saturated heterocycles. The number of thiazole rings is 1. The minimum absolute atomic E-state index is 0.215. The summed E-state index contributed by atoms with van der Waals surface area (Å²) in [6, 6.07) is -0.705. The summed E-state index contributed by atoms with van der Waals surface area (Å²) in [7, 11) is 1.61. The van der Waals surface area contributed by atoms with E-state index < -0.39 is 6.04 Å². The fourth-order valence-corrected chi connectivity index (χ4v) is 1.91. The number of imide groups is 1. The first-order valence-corrected chi connectivity index (χ1v) is 5.01. The van der Waals surface area contributed by atoms with E-state index in [2.05, 4.69) is 4.98 Å². The Morgan fingerprint density at radius 1 is 1.50 bits per heavy atom. The molecule has 1 aliphatic heterocycles. The van der Waals surface area contributed by atoms with Crippen molar-refractivity contribution in [1.82, 2.24) is 9.88 Å². The molecule has 0 saturated carbocycles. The Balaban J connectivity index is 2.38. The highest BCUT2D eigenvalue weighted by molar-refractivity contribution is 7.14. The Hall–Kier alpha value is -1.43. The van der Waals surface area contributed by atoms with Gasteiger partial charge in [0.15, 0.2) is 0 Å². The molecule has 1 aromatic heterocycles. The van der Waals surface area contributed by atoms with E-state index in [0.717, 1.165) is 4.90 Å². The number of nitrogens with zero attached hydrogens (tertiary/aromatic N) is 3. The number of hydrogen-bond donors (Lipinski definition) is 0. The summed E-state index contributed by atoms with van der Waals surface area (Å²) in [5, 5.41) is 2.18. The average Bonchev–Trinajstić information content (AvgIpc) is 2.73. The van der Waals surface area contributed by atoms with Crippen LogP contribution >= 0.6 is 11.3 Å². The van der Waals surface area contributed by atoms with Gasteiger partial charge in [0.2, 0.25) is 5.13 Å². The van der Waals surface area contributed by atoms with Crippen molar-refractivity contribution in [2.45, 2.75) is 13.0 Å². The molecule has 0 spiro atoms. The van der Waals surface area contributed by atoms with E-state index >= 15 is 0 Å². The predicted octanol–water partition coefficient (Wildman–Crippen LogP) is 0.930. The summed E-state index contributed by atoms with van der Waals surface area (Å²) < 4.78 is 0. The lowest BCUT2D eigenvalue weighted by molar-refractivity contribution is -0.119. The predicted molar refractivity (Wildman–Crippen MR) is 52.2 cm³/mol. The van der Waals surface area contributed by atoms with E-state index in [9.17, 15) is 9.59 Å². The molecule has 14 heavy (non-hydrogen) atoms. The van der Waals surface area contributed by atoms with Crippen molar-refractivity contribution < 1.29 is 9.59 Å². The van der Waals surface area contributed by atoms with Crippen LogP contribution in [0.25, 0.3) is 0 Å². The lowest BCUT2D eigenvalue weighted by Crippen LogP contribution is -2.31. The van der Waals surface area contributed by atoms with Gasteiger partial charge in [-0.15, -0.1) is 11.3 Å². The van der Waals surface area contributed by atoms with Gasteiger partial charge < -0.3 is 4.90 Å². The van der Waals surface area contributed by atoms with Crippen molar-refractivity contribution in [3.8, 4) is 0 Å². The lowest BCUT2D eigenvalue weighted by Gasteiger charge is -2.10. The number of rotatable bonds is 1. The third-order valence-electron chi connectivity index (χ3n) is 2.26. The number of amides is 3. The summed E-state index contributed by atoms with van der Waals surface area (Å²) in [5.41, 5.74) is 0. The normalized spacial score (nSPS) is 22.3. The van der Waals surface area contributed by atoms with Crippen LogP contribution in [0.15, 0.2) is 11.6 Å². The maximum Gasteiger partial charge on any atom is 0.333 e. The molecule has 6 heteroatoms. The number of carbonyl (C=O) groups excluding carboxylic acids is 2. The van der Waals surface area contributed by atoms with Gasteiger partial charge in [-0.25, -0.2) is 14.7 Å². The zero-order chi connectivity index (χ0) is 10.3. The molecule has 0 aliphatic carbocycles. The highest BCUT2D eigenvalue weighted by Crippen LogP contribution is 2.25. The number of carbonyl (C=O) groups is 2. The second-order valence-electron chi connectivity index (χ2n) is 3.06. The van der Waals surface area contributed by atoms with E-state index in [-0.39, 0.29) is 11.9 Å². The first-order valence-electron chi connectivity index (χ1n) is 4.13. The summed E-state index contributed by atoms with van der Waals surface area (Å²) in [6.07, 6.45) is 1.57. The number of aromatic nitrogens is 1. The summed E-state index contributed by atoms with van der Waals surface area (Å²) in [4.78, 5) is 29.7. The standard InChI is InChI=1S/C8H9N3O2S/c1-5-6(12)11(8(13)10(5)2)7-9-3-4-14-7/h3-5H,1-2H3. The largest absolute Gasteiger partial charge is 0.333 e. The molecule has 2 heterocycles. The minimum Gasteiger partial charge on any atom is -0.315 e. The van der Waals surface area contributed by atoms with Gasteiger partial charge in [-0.1, -0.05) is 0 Å². The van der Waals surface area contributed by atoms with Crippen LogP contribution in [0.4, 0.5) is 9.93 Å². The van der Waals surface area contributed by atoms with Crippen LogP contribution in [0.5, 0.6) is 0 Å². The van der Waals surface area contributed by atoms with Crippen LogP contribution in [0, 0.1) is 0 Å². The first-order chi connectivity index (χ1) is 6.63. The summed E-state index contributed by atoms with van der Waals surface area (Å²) in [6.45, 7) is 1.70. The van der Waals surface area contributed by atoms with E-state index in [4.69, 9.17) is 0 Å². The molecule has 1 aliphatic rings. The molecule has 0 radical (unpaired) electrons. The third-order valence-corrected chi connectivity index (χ3v) is 3.02. The van der Waals surface area contributed by atoms with Crippen molar-refractivity contribution in [2.75, 3.05) is 11.9 Å². The van der Waals surface area contributed by atoms with Gasteiger partial charge in [-0.2, -0.15) is 0 Å². The van der Waals surface area contributed by atoms with Gasteiger partial charge >= 0.3 is 6.03 Å². The molecule has 0 bridgehead atoms. The quantitative estimate of drug-likeness (QED) is 0.649. The Kier molecular flexibility index (Phi) is 1.99. The Bertz CT molecular complexity index is 356. The number of urea groups is 1. The van der Waals surface area contributed by atoms with Crippen LogP contribution in [0.3, 0.4) is 0 Å². The highest BCUT2D eigenvalue weighted by Gasteiger charge is 2.42. The zero-order valence-corrected chi connectivity index (χ0v) is 8.61. The zero-order valence-electron chi connectivity index (χ0n) is 7.80. The molecule has 1 aromatic rings. The van der Waals surface area contributed by atoms with Crippen LogP contribution in [-0.4, -0.2) is 34.9 Å². The SMILES string of the molecule is CC1C(=O)N(c2nccs2)C(=O)N1C. The number of anilines is 1. The fourth-order valence-electron chi connectivity index (χ4n) is 1.27. The van der Waals surface area contributed by atoms with Gasteiger partial charge in [-0.05, 0) is 6.92 Å². The molecule has 1 unspecified atom stereocenters. The summed E-state index contributed by atoms with van der Waals surface area (Å²) in [5.74, 6) is -0.215. The molecular weight excluding hydrogens is 202 g/mol. The molecule has 1 atom stereocenters. The van der Waals surface area contributed by atoms with Gasteiger partial charge in [0.1, 0.15) is 6.04 Å². The van der Waals surface area contributed by atoms with Crippen molar-refractivity contribution in [3.63, 3.8) is 0 Å². The second-order valence-corrected chi connectivity index (χ2v) is 3.93. The van der Waals surface area contributed by atoms with Crippen molar-refractivity contribution in [2.24, 2.45) is 0 Å². The maximum atomic E-state index is 11.7. The van der Waals surface area contributed by atoms with Gasteiger partial charge in [0.25, 0.3) is 5.91 Å². The Morgan fingerprint density at radius 2 is 2.21 bits per heavy atom. The van der Waals surface area contributed by atoms with E-state index in [0.29, 0.717) is 5.13 Å². The molecule has 74 valence electrons. The highest BCUT2D eigenvalue weighted by atomic mass is 32.1. The smallest absolute Gasteiger partial charge is 0.315 e. The Labute approximate surface area is 85.0 Å². The molecule has 3 amide bonds. The topological polar surface area (TPSA) is 53.5 Å². The second kappa shape index (κ2) is 3.06. The van der Waals surface area contributed by atoms with Crippen LogP contribution in [0.2, 0.25) is 0 Å². The number of hydrogen-bond acceptors (Lipinski definition) is 4. The third kappa shape index (κ3) is 1.11. The molecule has 0 N–H and O–H groups in total. The van der Waals surface area contributed by atoms with Gasteiger partial charge in [0, 0.05) is 18.6 Å². The van der Waals surface area contributed by atoms with E-state index in [1.54, 1.807) is 25.5 Å². The fraction of sp³-hybridized carbons (Fsp3) is 0.375. The molecular formula is C8H9N3O2S. The molecule has 2 rings (SSSR count). The number of likely N-dealkylation sites (N-methyl/N-ethyl adjacent to an activating group) is 1. The molecule has 5 nitrogen and oxygen atoms in total. The van der Waals surface area contributed by atoms with Crippen LogP contribution in [-0.2, 0) is 4.79 Å². The maximum absolute atomic E-state index is 11.7. The van der Waals surface area contributed by atoms with Crippen LogP contribution in [0.1, 0.15) is 6.92 Å². The average molecular weight is 211 g/mol. The van der Waals surface area contributed by atoms with E-state index in [1.807, 2.05) is 0 Å². The molecule has 1 fully saturated rings.